The van der Waals surface area contributed by atoms with Crippen molar-refractivity contribution in [3.63, 3.8) is 0 Å². The van der Waals surface area contributed by atoms with Crippen molar-refractivity contribution in [2.75, 3.05) is 0 Å². The molecule has 4 nitrogen and oxygen atoms in total. The molecule has 3 N–H and O–H groups in total. The van der Waals surface area contributed by atoms with Gasteiger partial charge in [0.15, 0.2) is 0 Å². The molecule has 0 radical (unpaired) electrons. The van der Waals surface area contributed by atoms with Crippen molar-refractivity contribution in [1.29, 1.82) is 0 Å². The second-order valence-electron chi connectivity index (χ2n) is 6.34. The molecule has 0 aliphatic carbocycles. The Balaban J connectivity index is 1.82. The standard InChI is InChI=1S/C17H27N3O/c1-12(2)9-10-15-13(3)19-17(20-16(15)21)18-11-14-7-5-4-6-8-14/h4-8,12-13,15,17-19H,9-11H2,1-3H3,(H,20,21). The fraction of sp³-hybridized carbons (Fsp3) is 0.588. The molecule has 1 amide bonds. The van der Waals surface area contributed by atoms with Crippen molar-refractivity contribution in [1.82, 2.24) is 16.0 Å². The minimum Gasteiger partial charge on any atom is -0.328 e. The van der Waals surface area contributed by atoms with Gasteiger partial charge >= 0.3 is 0 Å². The maximum atomic E-state index is 12.2. The van der Waals surface area contributed by atoms with Gasteiger partial charge < -0.3 is 5.32 Å². The van der Waals surface area contributed by atoms with Crippen LogP contribution in [0.1, 0.15) is 39.2 Å². The molecule has 0 spiro atoms. The van der Waals surface area contributed by atoms with E-state index in [1.807, 2.05) is 18.2 Å². The highest BCUT2D eigenvalue weighted by atomic mass is 16.2. The first-order valence-electron chi connectivity index (χ1n) is 7.90. The van der Waals surface area contributed by atoms with Crippen LogP contribution in [0.4, 0.5) is 0 Å². The summed E-state index contributed by atoms with van der Waals surface area (Å²) in [5, 5.41) is 9.82. The molecular weight excluding hydrogens is 262 g/mol. The maximum Gasteiger partial charge on any atom is 0.226 e. The van der Waals surface area contributed by atoms with Crippen LogP contribution in [0.2, 0.25) is 0 Å². The molecule has 1 aromatic rings. The van der Waals surface area contributed by atoms with E-state index in [9.17, 15) is 4.79 Å². The summed E-state index contributed by atoms with van der Waals surface area (Å²) in [5.41, 5.74) is 1.21. The van der Waals surface area contributed by atoms with Gasteiger partial charge in [-0.15, -0.1) is 0 Å². The first-order chi connectivity index (χ1) is 10.1. The second-order valence-corrected chi connectivity index (χ2v) is 6.34. The second kappa shape index (κ2) is 7.57. The Labute approximate surface area is 127 Å². The van der Waals surface area contributed by atoms with Gasteiger partial charge in [-0.1, -0.05) is 50.6 Å². The summed E-state index contributed by atoms with van der Waals surface area (Å²) in [6.07, 6.45) is 1.89. The van der Waals surface area contributed by atoms with Gasteiger partial charge in [0.25, 0.3) is 0 Å². The van der Waals surface area contributed by atoms with Gasteiger partial charge in [0, 0.05) is 12.6 Å². The molecule has 1 fully saturated rings. The Kier molecular flexibility index (Phi) is 5.76. The molecule has 2 rings (SSSR count). The quantitative estimate of drug-likeness (QED) is 0.752. The number of carbonyl (C=O) groups is 1. The first-order valence-corrected chi connectivity index (χ1v) is 7.90. The lowest BCUT2D eigenvalue weighted by Crippen LogP contribution is -2.65. The number of benzene rings is 1. The molecule has 3 unspecified atom stereocenters. The Morgan fingerprint density at radius 2 is 1.95 bits per heavy atom. The van der Waals surface area contributed by atoms with E-state index in [2.05, 4.69) is 48.9 Å². The average Bonchev–Trinajstić information content (AvgIpc) is 2.45. The molecule has 1 aromatic carbocycles. The summed E-state index contributed by atoms with van der Waals surface area (Å²) in [4.78, 5) is 12.2. The average molecular weight is 289 g/mol. The number of hydrogen-bond acceptors (Lipinski definition) is 3. The zero-order chi connectivity index (χ0) is 15.2. The number of amides is 1. The van der Waals surface area contributed by atoms with E-state index in [4.69, 9.17) is 0 Å². The fourth-order valence-corrected chi connectivity index (χ4v) is 2.72. The van der Waals surface area contributed by atoms with Crippen LogP contribution in [0.3, 0.4) is 0 Å². The van der Waals surface area contributed by atoms with Crippen molar-refractivity contribution in [3.05, 3.63) is 35.9 Å². The van der Waals surface area contributed by atoms with Gasteiger partial charge in [-0.2, -0.15) is 0 Å². The van der Waals surface area contributed by atoms with Crippen LogP contribution in [0.25, 0.3) is 0 Å². The Morgan fingerprint density at radius 1 is 1.24 bits per heavy atom. The number of hydrogen-bond donors (Lipinski definition) is 3. The van der Waals surface area contributed by atoms with Gasteiger partial charge in [0.1, 0.15) is 6.29 Å². The van der Waals surface area contributed by atoms with Gasteiger partial charge in [-0.25, -0.2) is 0 Å². The summed E-state index contributed by atoms with van der Waals surface area (Å²) in [6, 6.07) is 10.4. The highest BCUT2D eigenvalue weighted by Gasteiger charge is 2.32. The lowest BCUT2D eigenvalue weighted by molar-refractivity contribution is -0.130. The van der Waals surface area contributed by atoms with Crippen LogP contribution in [0.15, 0.2) is 30.3 Å². The molecular formula is C17H27N3O. The summed E-state index contributed by atoms with van der Waals surface area (Å²) in [7, 11) is 0. The third-order valence-corrected chi connectivity index (χ3v) is 4.06. The minimum atomic E-state index is -0.150. The van der Waals surface area contributed by atoms with Crippen LogP contribution in [-0.2, 0) is 11.3 Å². The fourth-order valence-electron chi connectivity index (χ4n) is 2.72. The molecule has 0 saturated carbocycles. The van der Waals surface area contributed by atoms with Gasteiger partial charge in [-0.05, 0) is 24.8 Å². The Morgan fingerprint density at radius 3 is 2.57 bits per heavy atom. The van der Waals surface area contributed by atoms with Crippen LogP contribution in [0.5, 0.6) is 0 Å². The molecule has 1 aliphatic heterocycles. The summed E-state index contributed by atoms with van der Waals surface area (Å²) >= 11 is 0. The molecule has 4 heteroatoms. The summed E-state index contributed by atoms with van der Waals surface area (Å²) < 4.78 is 0. The molecule has 0 aromatic heterocycles. The third kappa shape index (κ3) is 4.83. The van der Waals surface area contributed by atoms with Gasteiger partial charge in [0.2, 0.25) is 5.91 Å². The normalized spacial score (nSPS) is 25.9. The zero-order valence-corrected chi connectivity index (χ0v) is 13.2. The predicted octanol–water partition coefficient (Wildman–Crippen LogP) is 2.22. The molecule has 21 heavy (non-hydrogen) atoms. The SMILES string of the molecule is CC(C)CCC1C(=O)NC(NCc2ccccc2)NC1C. The van der Waals surface area contributed by atoms with E-state index in [1.165, 1.54) is 5.56 Å². The van der Waals surface area contributed by atoms with Crippen LogP contribution in [-0.4, -0.2) is 18.2 Å². The van der Waals surface area contributed by atoms with Crippen molar-refractivity contribution >= 4 is 5.91 Å². The molecule has 3 atom stereocenters. The zero-order valence-electron chi connectivity index (χ0n) is 13.2. The predicted molar refractivity (Wildman–Crippen MR) is 85.4 cm³/mol. The topological polar surface area (TPSA) is 53.2 Å². The summed E-state index contributed by atoms with van der Waals surface area (Å²) in [6.45, 7) is 7.23. The third-order valence-electron chi connectivity index (χ3n) is 4.06. The lowest BCUT2D eigenvalue weighted by Gasteiger charge is -2.36. The van der Waals surface area contributed by atoms with E-state index in [0.717, 1.165) is 19.4 Å². The molecule has 0 bridgehead atoms. The Bertz CT molecular complexity index is 447. The van der Waals surface area contributed by atoms with E-state index >= 15 is 0 Å². The molecule has 1 heterocycles. The molecule has 1 aliphatic rings. The van der Waals surface area contributed by atoms with Crippen LogP contribution in [0, 0.1) is 11.8 Å². The Hall–Kier alpha value is -1.39. The monoisotopic (exact) mass is 289 g/mol. The van der Waals surface area contributed by atoms with Crippen LogP contribution < -0.4 is 16.0 Å². The molecule has 116 valence electrons. The van der Waals surface area contributed by atoms with Crippen molar-refractivity contribution < 1.29 is 4.79 Å². The van der Waals surface area contributed by atoms with Gasteiger partial charge in [0.05, 0.1) is 5.92 Å². The van der Waals surface area contributed by atoms with Crippen molar-refractivity contribution in [3.8, 4) is 0 Å². The number of carbonyl (C=O) groups excluding carboxylic acids is 1. The minimum absolute atomic E-state index is 0.0715. The van der Waals surface area contributed by atoms with Crippen molar-refractivity contribution in [2.45, 2.75) is 52.5 Å². The van der Waals surface area contributed by atoms with E-state index in [0.29, 0.717) is 5.92 Å². The highest BCUT2D eigenvalue weighted by molar-refractivity contribution is 5.80. The first kappa shape index (κ1) is 16.0. The van der Waals surface area contributed by atoms with Gasteiger partial charge in [-0.3, -0.25) is 15.4 Å². The maximum absolute atomic E-state index is 12.2. The summed E-state index contributed by atoms with van der Waals surface area (Å²) in [5.74, 6) is 0.869. The number of nitrogens with one attached hydrogen (secondary N) is 3. The van der Waals surface area contributed by atoms with E-state index in [-0.39, 0.29) is 24.2 Å². The van der Waals surface area contributed by atoms with Crippen LogP contribution >= 0.6 is 0 Å². The number of rotatable bonds is 6. The highest BCUT2D eigenvalue weighted by Crippen LogP contribution is 2.18. The van der Waals surface area contributed by atoms with E-state index in [1.54, 1.807) is 0 Å². The van der Waals surface area contributed by atoms with E-state index < -0.39 is 0 Å². The lowest BCUT2D eigenvalue weighted by atomic mass is 9.90. The molecule has 1 saturated heterocycles. The largest absolute Gasteiger partial charge is 0.328 e. The smallest absolute Gasteiger partial charge is 0.226 e. The van der Waals surface area contributed by atoms with Crippen molar-refractivity contribution in [2.24, 2.45) is 11.8 Å².